The van der Waals surface area contributed by atoms with E-state index in [9.17, 15) is 0 Å². The third-order valence-corrected chi connectivity index (χ3v) is 3.74. The van der Waals surface area contributed by atoms with Crippen molar-refractivity contribution < 1.29 is 4.74 Å². The molecule has 0 atom stereocenters. The maximum atomic E-state index is 6.17. The minimum absolute atomic E-state index is 0.637. The molecule has 21 heavy (non-hydrogen) atoms. The van der Waals surface area contributed by atoms with Gasteiger partial charge >= 0.3 is 0 Å². The Labute approximate surface area is 128 Å². The van der Waals surface area contributed by atoms with Crippen LogP contribution in [0.4, 0.5) is 5.82 Å². The molecule has 3 rings (SSSR count). The summed E-state index contributed by atoms with van der Waals surface area (Å²) in [5.74, 6) is 1.68. The monoisotopic (exact) mass is 298 g/mol. The third kappa shape index (κ3) is 2.93. The lowest BCUT2D eigenvalue weighted by atomic mass is 10.1. The second-order valence-electron chi connectivity index (χ2n) is 4.69. The van der Waals surface area contributed by atoms with Gasteiger partial charge in [-0.3, -0.25) is 0 Å². The normalized spacial score (nSPS) is 10.6. The van der Waals surface area contributed by atoms with Crippen LogP contribution < -0.4 is 10.1 Å². The largest absolute Gasteiger partial charge is 0.497 e. The Balaban J connectivity index is 1.89. The van der Waals surface area contributed by atoms with Gasteiger partial charge < -0.3 is 10.1 Å². The van der Waals surface area contributed by atoms with Crippen molar-refractivity contribution in [1.29, 1.82) is 0 Å². The molecule has 0 aliphatic carbocycles. The lowest BCUT2D eigenvalue weighted by Crippen LogP contribution is -2.02. The second kappa shape index (κ2) is 6.02. The number of halogens is 1. The minimum Gasteiger partial charge on any atom is -0.497 e. The Kier molecular flexibility index (Phi) is 3.93. The van der Waals surface area contributed by atoms with Gasteiger partial charge in [-0.1, -0.05) is 29.8 Å². The fourth-order valence-electron chi connectivity index (χ4n) is 2.24. The molecular formula is C17H15ClN2O. The first-order valence-corrected chi connectivity index (χ1v) is 7.06. The molecule has 0 amide bonds. The predicted octanol–water partition coefficient (Wildman–Crippen LogP) is 4.51. The first-order valence-electron chi connectivity index (χ1n) is 6.68. The van der Waals surface area contributed by atoms with Crippen LogP contribution in [0.1, 0.15) is 5.56 Å². The molecule has 106 valence electrons. The number of pyridine rings is 1. The molecule has 1 heterocycles. The number of ether oxygens (including phenoxy) is 1. The Morgan fingerprint density at radius 2 is 2.00 bits per heavy atom. The topological polar surface area (TPSA) is 34.1 Å². The lowest BCUT2D eigenvalue weighted by Gasteiger charge is -2.10. The van der Waals surface area contributed by atoms with Gasteiger partial charge in [-0.2, -0.15) is 0 Å². The summed E-state index contributed by atoms with van der Waals surface area (Å²) in [7, 11) is 1.67. The summed E-state index contributed by atoms with van der Waals surface area (Å²) >= 11 is 6.17. The lowest BCUT2D eigenvalue weighted by molar-refractivity contribution is 0.415. The van der Waals surface area contributed by atoms with Crippen molar-refractivity contribution in [2.24, 2.45) is 0 Å². The van der Waals surface area contributed by atoms with Crippen molar-refractivity contribution in [2.75, 3.05) is 12.4 Å². The Morgan fingerprint density at radius 3 is 2.81 bits per heavy atom. The molecule has 4 heteroatoms. The molecule has 0 saturated carbocycles. The van der Waals surface area contributed by atoms with Crippen molar-refractivity contribution in [1.82, 2.24) is 4.98 Å². The van der Waals surface area contributed by atoms with E-state index in [-0.39, 0.29) is 0 Å². The van der Waals surface area contributed by atoms with E-state index in [1.807, 2.05) is 48.5 Å². The predicted molar refractivity (Wildman–Crippen MR) is 87.1 cm³/mol. The number of nitrogens with one attached hydrogen (secondary N) is 1. The molecule has 0 aliphatic rings. The van der Waals surface area contributed by atoms with Crippen LogP contribution in [0.5, 0.6) is 5.75 Å². The van der Waals surface area contributed by atoms with Crippen molar-refractivity contribution in [3.8, 4) is 5.75 Å². The molecule has 0 fully saturated rings. The highest BCUT2D eigenvalue weighted by Gasteiger charge is 2.05. The number of nitrogens with zero attached hydrogens (tertiary/aromatic N) is 1. The van der Waals surface area contributed by atoms with Crippen LogP contribution >= 0.6 is 11.6 Å². The van der Waals surface area contributed by atoms with Crippen molar-refractivity contribution in [2.45, 2.75) is 6.54 Å². The fourth-order valence-corrected chi connectivity index (χ4v) is 2.45. The zero-order chi connectivity index (χ0) is 14.7. The van der Waals surface area contributed by atoms with Crippen molar-refractivity contribution in [3.63, 3.8) is 0 Å². The average molecular weight is 299 g/mol. The van der Waals surface area contributed by atoms with Gasteiger partial charge in [-0.15, -0.1) is 0 Å². The van der Waals surface area contributed by atoms with E-state index < -0.39 is 0 Å². The maximum absolute atomic E-state index is 6.17. The summed E-state index contributed by atoms with van der Waals surface area (Å²) in [5, 5.41) is 6.25. The quantitative estimate of drug-likeness (QED) is 0.769. The van der Waals surface area contributed by atoms with Crippen LogP contribution in [-0.4, -0.2) is 12.1 Å². The number of hydrogen-bond acceptors (Lipinski definition) is 3. The fraction of sp³-hybridized carbons (Fsp3) is 0.118. The summed E-state index contributed by atoms with van der Waals surface area (Å²) in [6.07, 6.45) is 1.79. The van der Waals surface area contributed by atoms with Gasteiger partial charge in [-0.25, -0.2) is 4.98 Å². The van der Waals surface area contributed by atoms with E-state index in [1.165, 1.54) is 0 Å². The van der Waals surface area contributed by atoms with Gasteiger partial charge in [0, 0.05) is 23.2 Å². The van der Waals surface area contributed by atoms with Crippen molar-refractivity contribution in [3.05, 3.63) is 65.3 Å². The first kappa shape index (κ1) is 13.7. The molecule has 2 aromatic carbocycles. The minimum atomic E-state index is 0.637. The molecule has 1 aromatic heterocycles. The number of methoxy groups -OCH3 is 1. The molecule has 0 radical (unpaired) electrons. The number of hydrogen-bond donors (Lipinski definition) is 1. The molecule has 3 nitrogen and oxygen atoms in total. The van der Waals surface area contributed by atoms with E-state index in [4.69, 9.17) is 16.3 Å². The van der Waals surface area contributed by atoms with Gasteiger partial charge in [0.1, 0.15) is 11.6 Å². The van der Waals surface area contributed by atoms with Crippen LogP contribution in [-0.2, 0) is 6.54 Å². The van der Waals surface area contributed by atoms with E-state index in [0.717, 1.165) is 32.9 Å². The number of anilines is 1. The van der Waals surface area contributed by atoms with E-state index in [1.54, 1.807) is 13.3 Å². The summed E-state index contributed by atoms with van der Waals surface area (Å²) in [4.78, 5) is 4.41. The first-order chi connectivity index (χ1) is 10.3. The summed E-state index contributed by atoms with van der Waals surface area (Å²) < 4.78 is 5.25. The van der Waals surface area contributed by atoms with Crippen LogP contribution in [0.3, 0.4) is 0 Å². The van der Waals surface area contributed by atoms with Crippen LogP contribution in [0.15, 0.2) is 54.7 Å². The molecule has 0 bridgehead atoms. The molecule has 0 unspecified atom stereocenters. The molecule has 3 aromatic rings. The molecular weight excluding hydrogens is 284 g/mol. The third-order valence-electron chi connectivity index (χ3n) is 3.38. The van der Waals surface area contributed by atoms with E-state index in [0.29, 0.717) is 6.54 Å². The summed E-state index contributed by atoms with van der Waals surface area (Å²) in [6.45, 7) is 0.637. The van der Waals surface area contributed by atoms with Crippen LogP contribution in [0.25, 0.3) is 10.8 Å². The Bertz CT molecular complexity index is 774. The van der Waals surface area contributed by atoms with Crippen LogP contribution in [0, 0.1) is 0 Å². The van der Waals surface area contributed by atoms with Gasteiger partial charge in [0.05, 0.1) is 7.11 Å². The highest BCUT2D eigenvalue weighted by Crippen LogP contribution is 2.26. The molecule has 1 N–H and O–H groups in total. The number of benzene rings is 2. The van der Waals surface area contributed by atoms with Gasteiger partial charge in [0.25, 0.3) is 0 Å². The van der Waals surface area contributed by atoms with E-state index >= 15 is 0 Å². The molecule has 0 spiro atoms. The van der Waals surface area contributed by atoms with E-state index in [2.05, 4.69) is 10.3 Å². The average Bonchev–Trinajstić information content (AvgIpc) is 2.53. The summed E-state index contributed by atoms with van der Waals surface area (Å²) in [5.41, 5.74) is 1.05. The number of aromatic nitrogens is 1. The smallest absolute Gasteiger partial charge is 0.134 e. The van der Waals surface area contributed by atoms with Gasteiger partial charge in [0.15, 0.2) is 0 Å². The van der Waals surface area contributed by atoms with Crippen molar-refractivity contribution >= 4 is 28.2 Å². The zero-order valence-electron chi connectivity index (χ0n) is 11.6. The Hall–Kier alpha value is -2.26. The Morgan fingerprint density at radius 1 is 1.14 bits per heavy atom. The highest BCUT2D eigenvalue weighted by atomic mass is 35.5. The van der Waals surface area contributed by atoms with Crippen LogP contribution in [0.2, 0.25) is 5.02 Å². The molecule has 0 aliphatic heterocycles. The summed E-state index contributed by atoms with van der Waals surface area (Å²) in [6, 6.07) is 15.7. The second-order valence-corrected chi connectivity index (χ2v) is 5.10. The SMILES string of the molecule is COc1ccc2c(NCc3ccccc3Cl)nccc2c1. The number of rotatable bonds is 4. The zero-order valence-corrected chi connectivity index (χ0v) is 12.4. The van der Waals surface area contributed by atoms with Gasteiger partial charge in [0.2, 0.25) is 0 Å². The number of fused-ring (bicyclic) bond motifs is 1. The standard InChI is InChI=1S/C17H15ClN2O/c1-21-14-6-7-15-12(10-14)8-9-19-17(15)20-11-13-4-2-3-5-16(13)18/h2-10H,11H2,1H3,(H,19,20). The maximum Gasteiger partial charge on any atom is 0.134 e. The van der Waals surface area contributed by atoms with Gasteiger partial charge in [-0.05, 0) is 41.3 Å². The molecule has 0 saturated heterocycles. The highest BCUT2D eigenvalue weighted by molar-refractivity contribution is 6.31.